The molecule has 0 saturated carbocycles. The molecule has 8 nitrogen and oxygen atoms in total. The molecule has 1 aliphatic rings. The lowest BCUT2D eigenvalue weighted by molar-refractivity contribution is -0.140. The van der Waals surface area contributed by atoms with Gasteiger partial charge in [-0.3, -0.25) is 9.59 Å². The number of rotatable bonds is 9. The summed E-state index contributed by atoms with van der Waals surface area (Å²) in [5, 5.41) is 11.3. The minimum atomic E-state index is -0.829. The second kappa shape index (κ2) is 10.4. The number of nitrogens with zero attached hydrogens (tertiary/aromatic N) is 1. The number of ether oxygens (including phenoxy) is 4. The summed E-state index contributed by atoms with van der Waals surface area (Å²) in [6.07, 6.45) is 0.528. The van der Waals surface area contributed by atoms with Crippen molar-refractivity contribution in [3.05, 3.63) is 58.7 Å². The van der Waals surface area contributed by atoms with E-state index in [2.05, 4.69) is 0 Å². The maximum absolute atomic E-state index is 13.2. The van der Waals surface area contributed by atoms with Crippen LogP contribution in [0.25, 0.3) is 5.76 Å². The Labute approximate surface area is 193 Å². The summed E-state index contributed by atoms with van der Waals surface area (Å²) in [6.45, 7) is 2.50. The minimum Gasteiger partial charge on any atom is -0.507 e. The first kappa shape index (κ1) is 24.1. The molecule has 1 amide bonds. The minimum absolute atomic E-state index is 0.00847. The van der Waals surface area contributed by atoms with E-state index >= 15 is 0 Å². The van der Waals surface area contributed by atoms with Crippen LogP contribution in [0.15, 0.2) is 42.0 Å². The predicted octanol–water partition coefficient (Wildman–Crippen LogP) is 3.48. The number of amides is 1. The number of carbonyl (C=O) groups is 2. The lowest BCUT2D eigenvalue weighted by Crippen LogP contribution is -2.31. The van der Waals surface area contributed by atoms with Gasteiger partial charge in [-0.25, -0.2) is 0 Å². The molecule has 1 fully saturated rings. The number of carbonyl (C=O) groups excluding carboxylic acids is 2. The smallest absolute Gasteiger partial charge is 0.295 e. The third-order valence-corrected chi connectivity index (χ3v) is 5.71. The molecule has 2 aromatic carbocycles. The molecule has 8 heteroatoms. The Morgan fingerprint density at radius 2 is 1.64 bits per heavy atom. The highest BCUT2D eigenvalue weighted by molar-refractivity contribution is 6.46. The quantitative estimate of drug-likeness (QED) is 0.268. The van der Waals surface area contributed by atoms with E-state index in [1.807, 2.05) is 0 Å². The Balaban J connectivity index is 2.21. The van der Waals surface area contributed by atoms with Crippen molar-refractivity contribution >= 4 is 17.4 Å². The molecule has 0 spiro atoms. The van der Waals surface area contributed by atoms with Gasteiger partial charge in [-0.05, 0) is 49.2 Å². The summed E-state index contributed by atoms with van der Waals surface area (Å²) in [5.41, 5.74) is 1.73. The fraction of sp³-hybridized carbons (Fsp3) is 0.360. The Bertz CT molecular complexity index is 1080. The zero-order valence-electron chi connectivity index (χ0n) is 19.5. The third-order valence-electron chi connectivity index (χ3n) is 5.71. The molecule has 176 valence electrons. The zero-order valence-corrected chi connectivity index (χ0v) is 19.5. The maximum atomic E-state index is 13.2. The average Bonchev–Trinajstić information content (AvgIpc) is 3.08. The van der Waals surface area contributed by atoms with Crippen LogP contribution in [0.5, 0.6) is 17.2 Å². The van der Waals surface area contributed by atoms with Crippen molar-refractivity contribution in [3.63, 3.8) is 0 Å². The topological polar surface area (TPSA) is 94.5 Å². The molecule has 2 aromatic rings. The van der Waals surface area contributed by atoms with Gasteiger partial charge in [0.25, 0.3) is 11.7 Å². The molecular formula is C25H29NO7. The SMILES string of the molecule is COCCCN1C(=O)C(=O)C(=C(O)c2ccc(OC)cc2C)[C@@H]1c1ccc(OC)cc1OC. The maximum Gasteiger partial charge on any atom is 0.295 e. The van der Waals surface area contributed by atoms with E-state index in [9.17, 15) is 14.7 Å². The predicted molar refractivity (Wildman–Crippen MR) is 123 cm³/mol. The van der Waals surface area contributed by atoms with Gasteiger partial charge in [0.15, 0.2) is 0 Å². The largest absolute Gasteiger partial charge is 0.507 e. The molecule has 0 aromatic heterocycles. The van der Waals surface area contributed by atoms with Crippen LogP contribution in [0, 0.1) is 6.92 Å². The van der Waals surface area contributed by atoms with Crippen LogP contribution in [0.3, 0.4) is 0 Å². The molecule has 0 aliphatic carbocycles. The molecule has 1 heterocycles. The van der Waals surface area contributed by atoms with Crippen molar-refractivity contribution in [2.75, 3.05) is 41.6 Å². The van der Waals surface area contributed by atoms with Crippen molar-refractivity contribution < 1.29 is 33.6 Å². The van der Waals surface area contributed by atoms with E-state index in [4.69, 9.17) is 18.9 Å². The van der Waals surface area contributed by atoms with E-state index < -0.39 is 17.7 Å². The molecule has 3 rings (SSSR count). The number of aliphatic hydroxyl groups is 1. The third kappa shape index (κ3) is 4.66. The Morgan fingerprint density at radius 1 is 0.970 bits per heavy atom. The van der Waals surface area contributed by atoms with Crippen molar-refractivity contribution in [3.8, 4) is 17.2 Å². The molecule has 1 N–H and O–H groups in total. The van der Waals surface area contributed by atoms with Gasteiger partial charge in [0.1, 0.15) is 23.0 Å². The standard InChI is InChI=1S/C25H29NO7/c1-15-13-16(31-3)7-9-18(15)23(27)21-22(19-10-8-17(32-4)14-20(19)33-5)26(11-6-12-30-2)25(29)24(21)28/h7-10,13-14,22,27H,6,11-12H2,1-5H3/t22-/m0/s1. The monoisotopic (exact) mass is 455 g/mol. The first-order chi connectivity index (χ1) is 15.9. The summed E-state index contributed by atoms with van der Waals surface area (Å²) >= 11 is 0. The molecule has 0 unspecified atom stereocenters. The van der Waals surface area contributed by atoms with Gasteiger partial charge < -0.3 is 29.0 Å². The summed E-state index contributed by atoms with van der Waals surface area (Å²) in [6, 6.07) is 9.45. The van der Waals surface area contributed by atoms with Gasteiger partial charge in [0.05, 0.1) is 32.9 Å². The number of hydrogen-bond acceptors (Lipinski definition) is 7. The lowest BCUT2D eigenvalue weighted by atomic mass is 9.93. The van der Waals surface area contributed by atoms with Gasteiger partial charge in [-0.1, -0.05) is 0 Å². The molecule has 1 saturated heterocycles. The molecule has 0 radical (unpaired) electrons. The Kier molecular flexibility index (Phi) is 7.60. The van der Waals surface area contributed by atoms with Crippen LogP contribution >= 0.6 is 0 Å². The van der Waals surface area contributed by atoms with Crippen LogP contribution in [0.2, 0.25) is 0 Å². The zero-order chi connectivity index (χ0) is 24.1. The fourth-order valence-electron chi connectivity index (χ4n) is 4.03. The molecule has 0 bridgehead atoms. The molecule has 33 heavy (non-hydrogen) atoms. The number of hydrogen-bond donors (Lipinski definition) is 1. The normalized spacial score (nSPS) is 17.4. The molecule has 1 aliphatic heterocycles. The summed E-state index contributed by atoms with van der Waals surface area (Å²) < 4.78 is 21.2. The van der Waals surface area contributed by atoms with Crippen LogP contribution in [0.1, 0.15) is 29.2 Å². The van der Waals surface area contributed by atoms with Crippen LogP contribution < -0.4 is 14.2 Å². The van der Waals surface area contributed by atoms with Gasteiger partial charge in [0, 0.05) is 37.5 Å². The van der Waals surface area contributed by atoms with Crippen molar-refractivity contribution in [2.24, 2.45) is 0 Å². The molecular weight excluding hydrogens is 426 g/mol. The summed E-state index contributed by atoms with van der Waals surface area (Å²) in [4.78, 5) is 27.7. The number of aryl methyl sites for hydroxylation is 1. The van der Waals surface area contributed by atoms with Crippen molar-refractivity contribution in [2.45, 2.75) is 19.4 Å². The van der Waals surface area contributed by atoms with Gasteiger partial charge in [-0.2, -0.15) is 0 Å². The number of methoxy groups -OCH3 is 4. The second-order valence-corrected chi connectivity index (χ2v) is 7.63. The van der Waals surface area contributed by atoms with E-state index in [1.165, 1.54) is 19.1 Å². The average molecular weight is 456 g/mol. The van der Waals surface area contributed by atoms with E-state index in [0.717, 1.165) is 0 Å². The number of benzene rings is 2. The first-order valence-electron chi connectivity index (χ1n) is 10.5. The van der Waals surface area contributed by atoms with Crippen LogP contribution in [-0.2, 0) is 14.3 Å². The van der Waals surface area contributed by atoms with Crippen molar-refractivity contribution in [1.29, 1.82) is 0 Å². The Morgan fingerprint density at radius 3 is 2.24 bits per heavy atom. The number of aliphatic hydroxyl groups excluding tert-OH is 1. The first-order valence-corrected chi connectivity index (χ1v) is 10.5. The van der Waals surface area contributed by atoms with Crippen LogP contribution in [0.4, 0.5) is 0 Å². The van der Waals surface area contributed by atoms with Crippen molar-refractivity contribution in [1.82, 2.24) is 4.90 Å². The fourth-order valence-corrected chi connectivity index (χ4v) is 4.03. The van der Waals surface area contributed by atoms with Crippen LogP contribution in [-0.4, -0.2) is 63.3 Å². The highest BCUT2D eigenvalue weighted by atomic mass is 16.5. The van der Waals surface area contributed by atoms with Gasteiger partial charge in [0.2, 0.25) is 0 Å². The summed E-state index contributed by atoms with van der Waals surface area (Å²) in [7, 11) is 6.17. The Hall–Kier alpha value is -3.52. The van der Waals surface area contributed by atoms with Gasteiger partial charge in [-0.15, -0.1) is 0 Å². The lowest BCUT2D eigenvalue weighted by Gasteiger charge is -2.27. The number of likely N-dealkylation sites (tertiary alicyclic amines) is 1. The molecule has 1 atom stereocenters. The second-order valence-electron chi connectivity index (χ2n) is 7.63. The number of Topliss-reactive ketones (excluding diaryl/α,β-unsaturated/α-hetero) is 1. The highest BCUT2D eigenvalue weighted by Gasteiger charge is 2.47. The van der Waals surface area contributed by atoms with Gasteiger partial charge >= 0.3 is 0 Å². The highest BCUT2D eigenvalue weighted by Crippen LogP contribution is 2.44. The van der Waals surface area contributed by atoms with E-state index in [1.54, 1.807) is 57.5 Å². The number of ketones is 1. The summed E-state index contributed by atoms with van der Waals surface area (Å²) in [5.74, 6) is -0.0407. The van der Waals surface area contributed by atoms with E-state index in [-0.39, 0.29) is 17.9 Å². The van der Waals surface area contributed by atoms with E-state index in [0.29, 0.717) is 47.0 Å².